The zero-order valence-corrected chi connectivity index (χ0v) is 12.1. The first-order valence-corrected chi connectivity index (χ1v) is 7.38. The van der Waals surface area contributed by atoms with E-state index in [1.165, 1.54) is 37.1 Å². The fraction of sp³-hybridized carbons (Fsp3) is 0.529. The molecule has 1 N–H and O–H groups in total. The number of likely N-dealkylation sites (tertiary alicyclic amines) is 1. The van der Waals surface area contributed by atoms with Gasteiger partial charge in [-0.1, -0.05) is 35.9 Å². The highest BCUT2D eigenvalue weighted by atomic mass is 15.1. The maximum Gasteiger partial charge on any atom is 0.0233 e. The Balaban J connectivity index is 1.66. The normalized spacial score (nSPS) is 17.5. The third-order valence-electron chi connectivity index (χ3n) is 3.82. The Kier molecular flexibility index (Phi) is 5.62. The molecule has 1 heterocycles. The topological polar surface area (TPSA) is 15.3 Å². The Morgan fingerprint density at radius 2 is 1.95 bits per heavy atom. The maximum atomic E-state index is 3.95. The monoisotopic (exact) mass is 258 g/mol. The molecule has 0 unspecified atom stereocenters. The second kappa shape index (κ2) is 7.46. The van der Waals surface area contributed by atoms with Crippen molar-refractivity contribution in [3.05, 3.63) is 48.0 Å². The molecule has 2 rings (SSSR count). The number of nitrogens with one attached hydrogen (secondary N) is 1. The Hall–Kier alpha value is -1.12. The van der Waals surface area contributed by atoms with Gasteiger partial charge >= 0.3 is 0 Å². The van der Waals surface area contributed by atoms with Gasteiger partial charge in [0.15, 0.2) is 0 Å². The highest BCUT2D eigenvalue weighted by Crippen LogP contribution is 2.13. The summed E-state index contributed by atoms with van der Waals surface area (Å²) in [6, 6.07) is 11.5. The molecular formula is C17H26N2. The van der Waals surface area contributed by atoms with E-state index < -0.39 is 0 Å². The van der Waals surface area contributed by atoms with E-state index in [0.717, 1.165) is 19.5 Å². The Labute approximate surface area is 117 Å². The molecule has 2 heteroatoms. The summed E-state index contributed by atoms with van der Waals surface area (Å²) in [5.74, 6) is 0. The molecule has 1 aliphatic rings. The summed E-state index contributed by atoms with van der Waals surface area (Å²) in [5.41, 5.74) is 2.70. The van der Waals surface area contributed by atoms with Crippen molar-refractivity contribution in [1.29, 1.82) is 0 Å². The SMILES string of the molecule is C=C(C)CCNC1CCN(Cc2ccccc2)CC1. The second-order valence-electron chi connectivity index (χ2n) is 5.70. The van der Waals surface area contributed by atoms with Gasteiger partial charge in [0.05, 0.1) is 0 Å². The Bertz CT molecular complexity index is 378. The number of rotatable bonds is 6. The minimum absolute atomic E-state index is 0.700. The van der Waals surface area contributed by atoms with Crippen molar-refractivity contribution in [2.24, 2.45) is 0 Å². The molecule has 0 radical (unpaired) electrons. The smallest absolute Gasteiger partial charge is 0.0233 e. The summed E-state index contributed by atoms with van der Waals surface area (Å²) in [4.78, 5) is 2.56. The van der Waals surface area contributed by atoms with E-state index in [0.29, 0.717) is 6.04 Å². The van der Waals surface area contributed by atoms with Crippen molar-refractivity contribution in [3.8, 4) is 0 Å². The molecule has 0 aromatic heterocycles. The molecule has 1 saturated heterocycles. The number of nitrogens with zero attached hydrogens (tertiary/aromatic N) is 1. The largest absolute Gasteiger partial charge is 0.314 e. The minimum Gasteiger partial charge on any atom is -0.314 e. The van der Waals surface area contributed by atoms with Gasteiger partial charge in [0.1, 0.15) is 0 Å². The van der Waals surface area contributed by atoms with E-state index in [1.54, 1.807) is 0 Å². The predicted molar refractivity (Wildman–Crippen MR) is 82.2 cm³/mol. The molecule has 0 atom stereocenters. The summed E-state index contributed by atoms with van der Waals surface area (Å²) >= 11 is 0. The van der Waals surface area contributed by atoms with E-state index in [4.69, 9.17) is 0 Å². The fourth-order valence-corrected chi connectivity index (χ4v) is 2.63. The quantitative estimate of drug-likeness (QED) is 0.788. The highest BCUT2D eigenvalue weighted by Gasteiger charge is 2.18. The van der Waals surface area contributed by atoms with Crippen LogP contribution < -0.4 is 5.32 Å². The van der Waals surface area contributed by atoms with Crippen molar-refractivity contribution in [2.45, 2.75) is 38.8 Å². The molecule has 1 fully saturated rings. The first kappa shape index (κ1) is 14.3. The van der Waals surface area contributed by atoms with Gasteiger partial charge in [0.25, 0.3) is 0 Å². The van der Waals surface area contributed by atoms with Gasteiger partial charge in [-0.3, -0.25) is 4.90 Å². The van der Waals surface area contributed by atoms with Crippen molar-refractivity contribution in [1.82, 2.24) is 10.2 Å². The summed E-state index contributed by atoms with van der Waals surface area (Å²) in [7, 11) is 0. The average molecular weight is 258 g/mol. The van der Waals surface area contributed by atoms with Crippen molar-refractivity contribution < 1.29 is 0 Å². The van der Waals surface area contributed by atoms with Crippen LogP contribution in [0.2, 0.25) is 0 Å². The lowest BCUT2D eigenvalue weighted by atomic mass is 10.0. The van der Waals surface area contributed by atoms with Crippen LogP contribution in [0.3, 0.4) is 0 Å². The lowest BCUT2D eigenvalue weighted by Gasteiger charge is -2.32. The Morgan fingerprint density at radius 3 is 2.58 bits per heavy atom. The molecule has 0 amide bonds. The third-order valence-corrected chi connectivity index (χ3v) is 3.82. The van der Waals surface area contributed by atoms with Crippen molar-refractivity contribution >= 4 is 0 Å². The lowest BCUT2D eigenvalue weighted by molar-refractivity contribution is 0.191. The van der Waals surface area contributed by atoms with Crippen LogP contribution in [-0.2, 0) is 6.54 Å². The number of hydrogen-bond acceptors (Lipinski definition) is 2. The molecule has 104 valence electrons. The van der Waals surface area contributed by atoms with E-state index in [-0.39, 0.29) is 0 Å². The van der Waals surface area contributed by atoms with E-state index in [9.17, 15) is 0 Å². The van der Waals surface area contributed by atoms with Gasteiger partial charge in [0.2, 0.25) is 0 Å². The summed E-state index contributed by atoms with van der Waals surface area (Å²) < 4.78 is 0. The molecule has 0 saturated carbocycles. The highest BCUT2D eigenvalue weighted by molar-refractivity contribution is 5.14. The van der Waals surface area contributed by atoms with Gasteiger partial charge in [-0.15, -0.1) is 6.58 Å². The second-order valence-corrected chi connectivity index (χ2v) is 5.70. The minimum atomic E-state index is 0.700. The molecular weight excluding hydrogens is 232 g/mol. The van der Waals surface area contributed by atoms with Gasteiger partial charge in [-0.05, 0) is 51.4 Å². The molecule has 0 spiro atoms. The zero-order valence-electron chi connectivity index (χ0n) is 12.1. The first-order chi connectivity index (χ1) is 9.24. The summed E-state index contributed by atoms with van der Waals surface area (Å²) in [6.45, 7) is 10.6. The van der Waals surface area contributed by atoms with Crippen molar-refractivity contribution in [2.75, 3.05) is 19.6 Å². The van der Waals surface area contributed by atoms with Gasteiger partial charge in [-0.25, -0.2) is 0 Å². The molecule has 19 heavy (non-hydrogen) atoms. The molecule has 1 aromatic rings. The van der Waals surface area contributed by atoms with Gasteiger partial charge < -0.3 is 5.32 Å². The Morgan fingerprint density at radius 1 is 1.26 bits per heavy atom. The summed E-state index contributed by atoms with van der Waals surface area (Å²) in [5, 5.41) is 3.65. The standard InChI is InChI=1S/C17H26N2/c1-15(2)8-11-18-17-9-12-19(13-10-17)14-16-6-4-3-5-7-16/h3-7,17-18H,1,8-14H2,2H3. The first-order valence-electron chi connectivity index (χ1n) is 7.38. The van der Waals surface area contributed by atoms with Crippen LogP contribution in [0.25, 0.3) is 0 Å². The van der Waals surface area contributed by atoms with Crippen LogP contribution in [-0.4, -0.2) is 30.6 Å². The van der Waals surface area contributed by atoms with Crippen LogP contribution in [0.4, 0.5) is 0 Å². The number of benzene rings is 1. The van der Waals surface area contributed by atoms with Gasteiger partial charge in [0, 0.05) is 12.6 Å². The van der Waals surface area contributed by atoms with E-state index >= 15 is 0 Å². The number of hydrogen-bond donors (Lipinski definition) is 1. The molecule has 1 aliphatic heterocycles. The van der Waals surface area contributed by atoms with Crippen molar-refractivity contribution in [3.63, 3.8) is 0 Å². The van der Waals surface area contributed by atoms with E-state index in [2.05, 4.69) is 54.1 Å². The molecule has 1 aromatic carbocycles. The fourth-order valence-electron chi connectivity index (χ4n) is 2.63. The predicted octanol–water partition coefficient (Wildman–Crippen LogP) is 3.21. The molecule has 0 bridgehead atoms. The van der Waals surface area contributed by atoms with Crippen LogP contribution in [0.1, 0.15) is 31.7 Å². The average Bonchev–Trinajstić information content (AvgIpc) is 2.42. The van der Waals surface area contributed by atoms with Gasteiger partial charge in [-0.2, -0.15) is 0 Å². The number of piperidine rings is 1. The third kappa shape index (κ3) is 5.17. The van der Waals surface area contributed by atoms with E-state index in [1.807, 2.05) is 0 Å². The molecule has 2 nitrogen and oxygen atoms in total. The zero-order chi connectivity index (χ0) is 13.5. The van der Waals surface area contributed by atoms with Crippen LogP contribution in [0, 0.1) is 0 Å². The maximum absolute atomic E-state index is 3.95. The summed E-state index contributed by atoms with van der Waals surface area (Å²) in [6.07, 6.45) is 3.64. The van der Waals surface area contributed by atoms with Crippen LogP contribution >= 0.6 is 0 Å². The van der Waals surface area contributed by atoms with Crippen LogP contribution in [0.15, 0.2) is 42.5 Å². The lowest BCUT2D eigenvalue weighted by Crippen LogP contribution is -2.42. The molecule has 0 aliphatic carbocycles. The van der Waals surface area contributed by atoms with Crippen LogP contribution in [0.5, 0.6) is 0 Å².